The summed E-state index contributed by atoms with van der Waals surface area (Å²) in [6.07, 6.45) is 6.24. The number of hydrogen-bond acceptors (Lipinski definition) is 4. The molecule has 0 aliphatic heterocycles. The highest BCUT2D eigenvalue weighted by Gasteiger charge is 2.16. The lowest BCUT2D eigenvalue weighted by Crippen LogP contribution is -2.31. The molecule has 0 unspecified atom stereocenters. The van der Waals surface area contributed by atoms with E-state index in [1.807, 2.05) is 18.2 Å². The Labute approximate surface area is 193 Å². The van der Waals surface area contributed by atoms with Crippen LogP contribution in [0.15, 0.2) is 47.4 Å². The minimum atomic E-state index is -0.201. The van der Waals surface area contributed by atoms with Crippen molar-refractivity contribution in [1.82, 2.24) is 10.6 Å². The summed E-state index contributed by atoms with van der Waals surface area (Å²) in [5.74, 6) is 1.37. The number of amides is 2. The fourth-order valence-electron chi connectivity index (χ4n) is 3.78. The van der Waals surface area contributed by atoms with Gasteiger partial charge in [-0.05, 0) is 49.1 Å². The Hall–Kier alpha value is -2.18. The molecule has 2 N–H and O–H groups in total. The van der Waals surface area contributed by atoms with E-state index in [1.165, 1.54) is 43.9 Å². The smallest absolute Gasteiger partial charge is 0.252 e. The Balaban J connectivity index is 1.53. The molecule has 1 fully saturated rings. The van der Waals surface area contributed by atoms with Crippen molar-refractivity contribution in [1.29, 1.82) is 0 Å². The number of carbonyl (C=O) groups is 2. The summed E-state index contributed by atoms with van der Waals surface area (Å²) in [5.41, 5.74) is 1.35. The van der Waals surface area contributed by atoms with E-state index >= 15 is 0 Å². The molecule has 2 amide bonds. The van der Waals surface area contributed by atoms with Gasteiger partial charge in [0.1, 0.15) is 5.75 Å². The quantitative estimate of drug-likeness (QED) is 0.513. The second kappa shape index (κ2) is 12.0. The van der Waals surface area contributed by atoms with E-state index in [9.17, 15) is 9.59 Å². The maximum absolute atomic E-state index is 12.8. The third-order valence-electron chi connectivity index (χ3n) is 5.48. The normalized spacial score (nSPS) is 14.1. The molecule has 166 valence electrons. The Bertz CT molecular complexity index is 900. The molecule has 0 heterocycles. The van der Waals surface area contributed by atoms with Crippen LogP contribution in [0.1, 0.15) is 48.0 Å². The number of carbonyl (C=O) groups excluding carboxylic acids is 2. The van der Waals surface area contributed by atoms with Crippen molar-refractivity contribution in [2.24, 2.45) is 5.92 Å². The lowest BCUT2D eigenvalue weighted by Gasteiger charge is -2.21. The number of benzene rings is 2. The SMILES string of the molecule is COc1ccc(Cl)cc1CNC(=O)c1ccccc1SCC(=O)NCC1CCCCC1. The molecule has 0 saturated heterocycles. The van der Waals surface area contributed by atoms with Crippen molar-refractivity contribution in [2.75, 3.05) is 19.4 Å². The first-order chi connectivity index (χ1) is 15.1. The van der Waals surface area contributed by atoms with E-state index in [1.54, 1.807) is 31.4 Å². The molecule has 7 heteroatoms. The second-order valence-electron chi connectivity index (χ2n) is 7.73. The van der Waals surface area contributed by atoms with Gasteiger partial charge in [-0.1, -0.05) is 43.0 Å². The fraction of sp³-hybridized carbons (Fsp3) is 0.417. The van der Waals surface area contributed by atoms with Crippen LogP contribution in [-0.2, 0) is 11.3 Å². The average molecular weight is 461 g/mol. The molecule has 0 atom stereocenters. The van der Waals surface area contributed by atoms with Gasteiger partial charge in [0.2, 0.25) is 5.91 Å². The maximum Gasteiger partial charge on any atom is 0.252 e. The first kappa shape index (κ1) is 23.5. The van der Waals surface area contributed by atoms with Crippen LogP contribution < -0.4 is 15.4 Å². The van der Waals surface area contributed by atoms with Gasteiger partial charge in [-0.3, -0.25) is 9.59 Å². The fourth-order valence-corrected chi connectivity index (χ4v) is 4.85. The summed E-state index contributed by atoms with van der Waals surface area (Å²) in [5, 5.41) is 6.55. The summed E-state index contributed by atoms with van der Waals surface area (Å²) < 4.78 is 5.34. The van der Waals surface area contributed by atoms with Crippen molar-refractivity contribution in [3.63, 3.8) is 0 Å². The Kier molecular flexibility index (Phi) is 9.10. The molecule has 2 aromatic carbocycles. The predicted molar refractivity (Wildman–Crippen MR) is 126 cm³/mol. The zero-order valence-corrected chi connectivity index (χ0v) is 19.4. The van der Waals surface area contributed by atoms with E-state index in [4.69, 9.17) is 16.3 Å². The number of halogens is 1. The van der Waals surface area contributed by atoms with Crippen LogP contribution in [0.5, 0.6) is 5.75 Å². The standard InChI is InChI=1S/C24H29ClN2O3S/c1-30-21-12-11-19(25)13-18(21)15-27-24(29)20-9-5-6-10-22(20)31-16-23(28)26-14-17-7-3-2-4-8-17/h5-6,9-13,17H,2-4,7-8,14-16H2,1H3,(H,26,28)(H,27,29). The Morgan fingerprint density at radius 3 is 2.65 bits per heavy atom. The molecule has 0 radical (unpaired) electrons. The molecule has 1 aliphatic rings. The number of hydrogen-bond donors (Lipinski definition) is 2. The Morgan fingerprint density at radius 1 is 1.10 bits per heavy atom. The van der Waals surface area contributed by atoms with Gasteiger partial charge in [0.25, 0.3) is 5.91 Å². The van der Waals surface area contributed by atoms with Gasteiger partial charge >= 0.3 is 0 Å². The molecule has 1 saturated carbocycles. The summed E-state index contributed by atoms with van der Waals surface area (Å²) in [4.78, 5) is 25.9. The molecule has 5 nitrogen and oxygen atoms in total. The van der Waals surface area contributed by atoms with Gasteiger partial charge in [0.15, 0.2) is 0 Å². The van der Waals surface area contributed by atoms with E-state index < -0.39 is 0 Å². The van der Waals surface area contributed by atoms with Gasteiger partial charge in [0, 0.05) is 28.6 Å². The van der Waals surface area contributed by atoms with Crippen molar-refractivity contribution in [3.8, 4) is 5.75 Å². The Morgan fingerprint density at radius 2 is 1.87 bits per heavy atom. The molecule has 0 spiro atoms. The highest BCUT2D eigenvalue weighted by Crippen LogP contribution is 2.25. The molecule has 2 aromatic rings. The van der Waals surface area contributed by atoms with Crippen LogP contribution in [0.3, 0.4) is 0 Å². The lowest BCUT2D eigenvalue weighted by atomic mass is 9.89. The van der Waals surface area contributed by atoms with Crippen molar-refractivity contribution < 1.29 is 14.3 Å². The molecular weight excluding hydrogens is 432 g/mol. The first-order valence-corrected chi connectivity index (χ1v) is 12.0. The van der Waals surface area contributed by atoms with Crippen LogP contribution in [0.25, 0.3) is 0 Å². The highest BCUT2D eigenvalue weighted by molar-refractivity contribution is 8.00. The molecule has 1 aliphatic carbocycles. The lowest BCUT2D eigenvalue weighted by molar-refractivity contribution is -0.118. The van der Waals surface area contributed by atoms with E-state index in [2.05, 4.69) is 10.6 Å². The van der Waals surface area contributed by atoms with Crippen LogP contribution >= 0.6 is 23.4 Å². The molecule has 0 aromatic heterocycles. The van der Waals surface area contributed by atoms with Gasteiger partial charge in [-0.2, -0.15) is 0 Å². The van der Waals surface area contributed by atoms with Gasteiger partial charge < -0.3 is 15.4 Å². The van der Waals surface area contributed by atoms with E-state index in [-0.39, 0.29) is 11.8 Å². The largest absolute Gasteiger partial charge is 0.496 e. The van der Waals surface area contributed by atoms with Crippen molar-refractivity contribution in [2.45, 2.75) is 43.5 Å². The van der Waals surface area contributed by atoms with E-state index in [0.717, 1.165) is 17.0 Å². The number of methoxy groups -OCH3 is 1. The number of ether oxygens (including phenoxy) is 1. The van der Waals surface area contributed by atoms with Crippen LogP contribution in [-0.4, -0.2) is 31.2 Å². The first-order valence-electron chi connectivity index (χ1n) is 10.7. The van der Waals surface area contributed by atoms with Gasteiger partial charge in [-0.15, -0.1) is 11.8 Å². The van der Waals surface area contributed by atoms with Crippen LogP contribution in [0.4, 0.5) is 0 Å². The minimum Gasteiger partial charge on any atom is -0.496 e. The van der Waals surface area contributed by atoms with Gasteiger partial charge in [0.05, 0.1) is 18.4 Å². The zero-order chi connectivity index (χ0) is 22.1. The van der Waals surface area contributed by atoms with E-state index in [0.29, 0.717) is 34.6 Å². The van der Waals surface area contributed by atoms with Crippen molar-refractivity contribution >= 4 is 35.2 Å². The van der Waals surface area contributed by atoms with Crippen molar-refractivity contribution in [3.05, 3.63) is 58.6 Å². The molecular formula is C24H29ClN2O3S. The summed E-state index contributed by atoms with van der Waals surface area (Å²) >= 11 is 7.45. The molecule has 0 bridgehead atoms. The third-order valence-corrected chi connectivity index (χ3v) is 6.79. The minimum absolute atomic E-state index is 0.00875. The number of nitrogens with one attached hydrogen (secondary N) is 2. The summed E-state index contributed by atoms with van der Waals surface area (Å²) in [6, 6.07) is 12.6. The summed E-state index contributed by atoms with van der Waals surface area (Å²) in [7, 11) is 1.58. The topological polar surface area (TPSA) is 67.4 Å². The molecule has 31 heavy (non-hydrogen) atoms. The van der Waals surface area contributed by atoms with Crippen LogP contribution in [0, 0.1) is 5.92 Å². The molecule has 3 rings (SSSR count). The van der Waals surface area contributed by atoms with Crippen LogP contribution in [0.2, 0.25) is 5.02 Å². The monoisotopic (exact) mass is 460 g/mol. The predicted octanol–water partition coefficient (Wildman–Crippen LogP) is 5.07. The third kappa shape index (κ3) is 7.18. The number of thioether (sulfide) groups is 1. The number of rotatable bonds is 9. The maximum atomic E-state index is 12.8. The second-order valence-corrected chi connectivity index (χ2v) is 9.19. The highest BCUT2D eigenvalue weighted by atomic mass is 35.5. The van der Waals surface area contributed by atoms with Gasteiger partial charge in [-0.25, -0.2) is 0 Å². The zero-order valence-electron chi connectivity index (χ0n) is 17.8. The average Bonchev–Trinajstić information content (AvgIpc) is 2.80. The summed E-state index contributed by atoms with van der Waals surface area (Å²) in [6.45, 7) is 1.05.